The van der Waals surface area contributed by atoms with E-state index in [0.717, 1.165) is 19.4 Å². The smallest absolute Gasteiger partial charge is 0.319 e. The molecule has 18 heavy (non-hydrogen) atoms. The van der Waals surface area contributed by atoms with E-state index < -0.39 is 0 Å². The number of nitrogens with two attached hydrogens (primary N) is 1. The maximum Gasteiger partial charge on any atom is 0.319 e. The Morgan fingerprint density at radius 3 is 2.50 bits per heavy atom. The molecule has 2 atom stereocenters. The number of carbonyl (C=O) groups is 2. The molecule has 1 rings (SSSR count). The van der Waals surface area contributed by atoms with Crippen molar-refractivity contribution in [2.75, 3.05) is 33.9 Å². The zero-order chi connectivity index (χ0) is 13.5. The van der Waals surface area contributed by atoms with Crippen LogP contribution in [0.5, 0.6) is 0 Å². The Morgan fingerprint density at radius 1 is 1.22 bits per heavy atom. The third-order valence-corrected chi connectivity index (χ3v) is 3.21. The number of esters is 2. The fourth-order valence-electron chi connectivity index (χ4n) is 2.36. The topological polar surface area (TPSA) is 81.9 Å². The van der Waals surface area contributed by atoms with E-state index in [-0.39, 0.29) is 24.5 Å². The van der Waals surface area contributed by atoms with Crippen LogP contribution in [0.15, 0.2) is 0 Å². The summed E-state index contributed by atoms with van der Waals surface area (Å²) in [6.07, 6.45) is 2.03. The number of hydrogen-bond donors (Lipinski definition) is 1. The maximum absolute atomic E-state index is 11.2. The van der Waals surface area contributed by atoms with Gasteiger partial charge >= 0.3 is 11.9 Å². The summed E-state index contributed by atoms with van der Waals surface area (Å²) in [5, 5.41) is 0. The van der Waals surface area contributed by atoms with Gasteiger partial charge in [0.2, 0.25) is 0 Å². The number of likely N-dealkylation sites (tertiary alicyclic amines) is 1. The molecule has 0 bridgehead atoms. The molecule has 2 unspecified atom stereocenters. The number of hydrogen-bond acceptors (Lipinski definition) is 6. The Bertz CT molecular complexity index is 296. The minimum Gasteiger partial charge on any atom is -0.469 e. The number of piperidine rings is 1. The molecule has 0 amide bonds. The molecule has 1 fully saturated rings. The van der Waals surface area contributed by atoms with Crippen molar-refractivity contribution in [3.63, 3.8) is 0 Å². The zero-order valence-electron chi connectivity index (χ0n) is 11.1. The highest BCUT2D eigenvalue weighted by Crippen LogP contribution is 2.20. The Hall–Kier alpha value is -1.14. The fraction of sp³-hybridized carbons (Fsp3) is 0.833. The van der Waals surface area contributed by atoms with Crippen molar-refractivity contribution < 1.29 is 19.1 Å². The van der Waals surface area contributed by atoms with Crippen LogP contribution in [0.1, 0.15) is 19.3 Å². The first-order valence-corrected chi connectivity index (χ1v) is 6.16. The van der Waals surface area contributed by atoms with Crippen molar-refractivity contribution in [2.45, 2.75) is 25.3 Å². The van der Waals surface area contributed by atoms with Gasteiger partial charge in [0.15, 0.2) is 0 Å². The van der Waals surface area contributed by atoms with E-state index in [1.165, 1.54) is 14.2 Å². The van der Waals surface area contributed by atoms with Gasteiger partial charge in [0.05, 0.1) is 20.8 Å². The average molecular weight is 258 g/mol. The molecule has 104 valence electrons. The Labute approximate surface area is 107 Å². The second-order valence-electron chi connectivity index (χ2n) is 4.75. The summed E-state index contributed by atoms with van der Waals surface area (Å²) in [7, 11) is 2.76. The van der Waals surface area contributed by atoms with Gasteiger partial charge in [0.25, 0.3) is 0 Å². The van der Waals surface area contributed by atoms with Crippen molar-refractivity contribution in [3.05, 3.63) is 0 Å². The van der Waals surface area contributed by atoms with E-state index in [1.54, 1.807) is 0 Å². The van der Waals surface area contributed by atoms with Crippen LogP contribution in [0.3, 0.4) is 0 Å². The highest BCUT2D eigenvalue weighted by molar-refractivity contribution is 5.71. The molecule has 0 aliphatic carbocycles. The third kappa shape index (κ3) is 5.01. The van der Waals surface area contributed by atoms with E-state index in [9.17, 15) is 9.59 Å². The molecule has 0 aromatic rings. The molecule has 2 N–H and O–H groups in total. The largest absolute Gasteiger partial charge is 0.469 e. The monoisotopic (exact) mass is 258 g/mol. The van der Waals surface area contributed by atoms with Crippen molar-refractivity contribution in [1.29, 1.82) is 0 Å². The Kier molecular flexibility index (Phi) is 6.07. The maximum atomic E-state index is 11.2. The summed E-state index contributed by atoms with van der Waals surface area (Å²) in [5.41, 5.74) is 5.96. The van der Waals surface area contributed by atoms with Crippen molar-refractivity contribution in [2.24, 2.45) is 11.7 Å². The predicted octanol–water partition coefficient (Wildman–Crippen LogP) is -0.238. The lowest BCUT2D eigenvalue weighted by Crippen LogP contribution is -2.48. The van der Waals surface area contributed by atoms with E-state index >= 15 is 0 Å². The molecule has 0 saturated carbocycles. The van der Waals surface area contributed by atoms with Crippen molar-refractivity contribution in [3.8, 4) is 0 Å². The van der Waals surface area contributed by atoms with Crippen LogP contribution in [0.25, 0.3) is 0 Å². The van der Waals surface area contributed by atoms with Gasteiger partial charge in [-0.25, -0.2) is 0 Å². The molecule has 0 spiro atoms. The van der Waals surface area contributed by atoms with Crippen LogP contribution in [-0.2, 0) is 19.1 Å². The van der Waals surface area contributed by atoms with E-state index in [0.29, 0.717) is 18.9 Å². The van der Waals surface area contributed by atoms with Crippen LogP contribution in [-0.4, -0.2) is 56.7 Å². The van der Waals surface area contributed by atoms with Gasteiger partial charge in [0, 0.05) is 25.6 Å². The van der Waals surface area contributed by atoms with Gasteiger partial charge in [-0.05, 0) is 18.8 Å². The van der Waals surface area contributed by atoms with Crippen LogP contribution in [0.4, 0.5) is 0 Å². The molecule has 6 nitrogen and oxygen atoms in total. The highest BCUT2D eigenvalue weighted by atomic mass is 16.5. The van der Waals surface area contributed by atoms with Gasteiger partial charge in [-0.15, -0.1) is 0 Å². The van der Waals surface area contributed by atoms with Crippen molar-refractivity contribution >= 4 is 11.9 Å². The molecule has 6 heteroatoms. The number of nitrogens with zero attached hydrogens (tertiary/aromatic N) is 1. The molecule has 0 radical (unpaired) electrons. The van der Waals surface area contributed by atoms with Gasteiger partial charge in [0.1, 0.15) is 0 Å². The van der Waals surface area contributed by atoms with Gasteiger partial charge in [-0.1, -0.05) is 0 Å². The van der Waals surface area contributed by atoms with E-state index in [1.807, 2.05) is 4.90 Å². The lowest BCUT2D eigenvalue weighted by Gasteiger charge is -2.35. The van der Waals surface area contributed by atoms with Gasteiger partial charge in [-0.3, -0.25) is 14.5 Å². The number of carbonyl (C=O) groups excluding carboxylic acids is 2. The zero-order valence-corrected chi connectivity index (χ0v) is 11.1. The quantitative estimate of drug-likeness (QED) is 0.685. The average Bonchev–Trinajstić information content (AvgIpc) is 2.35. The summed E-state index contributed by atoms with van der Waals surface area (Å²) in [6, 6.07) is 0.0473. The molecule has 1 aliphatic heterocycles. The summed E-state index contributed by atoms with van der Waals surface area (Å²) in [5.74, 6) is -0.123. The summed E-state index contributed by atoms with van der Waals surface area (Å²) < 4.78 is 9.26. The molecule has 1 aliphatic rings. The molecule has 0 aromatic carbocycles. The first kappa shape index (κ1) is 14.9. The highest BCUT2D eigenvalue weighted by Gasteiger charge is 2.26. The second kappa shape index (κ2) is 7.33. The predicted molar refractivity (Wildman–Crippen MR) is 65.8 cm³/mol. The second-order valence-corrected chi connectivity index (χ2v) is 4.75. The Balaban J connectivity index is 2.40. The van der Waals surface area contributed by atoms with E-state index in [2.05, 4.69) is 9.47 Å². The minimum atomic E-state index is -0.254. The normalized spacial score (nSPS) is 24.6. The SMILES string of the molecule is COC(=O)CCC1CC(N)CN(CC(=O)OC)C1. The van der Waals surface area contributed by atoms with Gasteiger partial charge < -0.3 is 15.2 Å². The lowest BCUT2D eigenvalue weighted by molar-refractivity contribution is -0.143. The summed E-state index contributed by atoms with van der Waals surface area (Å²) in [6.45, 7) is 1.74. The number of ether oxygens (including phenoxy) is 2. The summed E-state index contributed by atoms with van der Waals surface area (Å²) >= 11 is 0. The lowest BCUT2D eigenvalue weighted by atomic mass is 9.91. The third-order valence-electron chi connectivity index (χ3n) is 3.21. The molecular weight excluding hydrogens is 236 g/mol. The number of methoxy groups -OCH3 is 2. The van der Waals surface area contributed by atoms with Crippen LogP contribution < -0.4 is 5.73 Å². The molecule has 1 saturated heterocycles. The van der Waals surface area contributed by atoms with Gasteiger partial charge in [-0.2, -0.15) is 0 Å². The Morgan fingerprint density at radius 2 is 1.89 bits per heavy atom. The fourth-order valence-corrected chi connectivity index (χ4v) is 2.36. The first-order valence-electron chi connectivity index (χ1n) is 6.16. The van der Waals surface area contributed by atoms with Crippen LogP contribution >= 0.6 is 0 Å². The molecular formula is C12H22N2O4. The molecule has 1 heterocycles. The van der Waals surface area contributed by atoms with Crippen LogP contribution in [0, 0.1) is 5.92 Å². The van der Waals surface area contributed by atoms with E-state index in [4.69, 9.17) is 5.73 Å². The first-order chi connectivity index (χ1) is 8.55. The standard InChI is InChI=1S/C12H22N2O4/c1-17-11(15)4-3-9-5-10(13)7-14(6-9)8-12(16)18-2/h9-10H,3-8,13H2,1-2H3. The molecule has 0 aromatic heterocycles. The summed E-state index contributed by atoms with van der Waals surface area (Å²) in [4.78, 5) is 24.3. The van der Waals surface area contributed by atoms with Crippen molar-refractivity contribution in [1.82, 2.24) is 4.90 Å². The van der Waals surface area contributed by atoms with Crippen LogP contribution in [0.2, 0.25) is 0 Å². The minimum absolute atomic E-state index is 0.0473. The number of rotatable bonds is 5.